The molecular weight excluding hydrogens is 380 g/mol. The molecule has 3 aromatic rings. The Hall–Kier alpha value is -3.46. The van der Waals surface area contributed by atoms with Gasteiger partial charge >= 0.3 is 0 Å². The molecule has 1 aromatic heterocycles. The molecule has 3 rings (SSSR count). The van der Waals surface area contributed by atoms with Crippen molar-refractivity contribution in [3.8, 4) is 0 Å². The fourth-order valence-corrected chi connectivity index (χ4v) is 3.56. The monoisotopic (exact) mass is 398 g/mol. The number of nitrogens with zero attached hydrogens (tertiary/aromatic N) is 1. The predicted molar refractivity (Wildman–Crippen MR) is 106 cm³/mol. The van der Waals surface area contributed by atoms with Gasteiger partial charge in [0.1, 0.15) is 5.69 Å². The smallest absolute Gasteiger partial charge is 0.276 e. The molecule has 8 nitrogen and oxygen atoms in total. The van der Waals surface area contributed by atoms with Crippen molar-refractivity contribution in [1.29, 1.82) is 0 Å². The number of sulfonamides is 1. The quantitative estimate of drug-likeness (QED) is 0.609. The van der Waals surface area contributed by atoms with Crippen LogP contribution in [0.5, 0.6) is 0 Å². The van der Waals surface area contributed by atoms with Gasteiger partial charge in [-0.2, -0.15) is 5.10 Å². The molecule has 0 bridgehead atoms. The van der Waals surface area contributed by atoms with Gasteiger partial charge in [0.2, 0.25) is 0 Å². The number of hydrogen-bond donors (Lipinski definition) is 3. The minimum atomic E-state index is -3.84. The number of aromatic amines is 1. The standard InChI is InChI=1S/C19H18N4O4S/c1-12-4-3-5-14(10-12)23-28(26,27)15-7-6-13(2)17(11-15)20-19(25)16-8-9-18(24)22-21-16/h3-11,23H,1-2H3,(H,20,25)(H,22,24). The third-order valence-electron chi connectivity index (χ3n) is 3.95. The number of carbonyl (C=O) groups is 1. The molecule has 1 amide bonds. The third kappa shape index (κ3) is 4.44. The lowest BCUT2D eigenvalue weighted by Gasteiger charge is -2.12. The van der Waals surface area contributed by atoms with Crippen molar-refractivity contribution in [1.82, 2.24) is 10.2 Å². The first kappa shape index (κ1) is 19.3. The maximum atomic E-state index is 12.7. The minimum Gasteiger partial charge on any atom is -0.320 e. The first-order chi connectivity index (χ1) is 13.2. The molecule has 0 saturated heterocycles. The van der Waals surface area contributed by atoms with Crippen LogP contribution in [0.2, 0.25) is 0 Å². The molecule has 0 fully saturated rings. The van der Waals surface area contributed by atoms with E-state index in [2.05, 4.69) is 20.2 Å². The van der Waals surface area contributed by atoms with E-state index in [1.165, 1.54) is 24.3 Å². The molecule has 0 aliphatic carbocycles. The number of benzene rings is 2. The van der Waals surface area contributed by atoms with Crippen molar-refractivity contribution >= 4 is 27.3 Å². The van der Waals surface area contributed by atoms with Crippen LogP contribution >= 0.6 is 0 Å². The zero-order valence-corrected chi connectivity index (χ0v) is 16.0. The van der Waals surface area contributed by atoms with Gasteiger partial charge in [-0.05, 0) is 55.3 Å². The lowest BCUT2D eigenvalue weighted by molar-refractivity contribution is 0.102. The molecule has 9 heteroatoms. The van der Waals surface area contributed by atoms with Crippen LogP contribution in [-0.2, 0) is 10.0 Å². The Morgan fingerprint density at radius 2 is 1.82 bits per heavy atom. The number of aromatic nitrogens is 2. The van der Waals surface area contributed by atoms with Crippen LogP contribution in [0, 0.1) is 13.8 Å². The van der Waals surface area contributed by atoms with Crippen molar-refractivity contribution < 1.29 is 13.2 Å². The van der Waals surface area contributed by atoms with Gasteiger partial charge in [0.15, 0.2) is 0 Å². The first-order valence-electron chi connectivity index (χ1n) is 8.32. The van der Waals surface area contributed by atoms with Crippen molar-refractivity contribution in [2.75, 3.05) is 10.0 Å². The molecule has 1 heterocycles. The SMILES string of the molecule is Cc1cccc(NS(=O)(=O)c2ccc(C)c(NC(=O)c3ccc(=O)[nH]n3)c2)c1. The number of rotatable bonds is 5. The molecule has 0 saturated carbocycles. The van der Waals surface area contributed by atoms with Gasteiger partial charge in [0.05, 0.1) is 4.90 Å². The molecule has 28 heavy (non-hydrogen) atoms. The highest BCUT2D eigenvalue weighted by Crippen LogP contribution is 2.23. The van der Waals surface area contributed by atoms with E-state index < -0.39 is 21.5 Å². The lowest BCUT2D eigenvalue weighted by Crippen LogP contribution is -2.19. The van der Waals surface area contributed by atoms with Gasteiger partial charge in [-0.15, -0.1) is 0 Å². The van der Waals surface area contributed by atoms with Crippen LogP contribution in [-0.4, -0.2) is 24.5 Å². The second-order valence-electron chi connectivity index (χ2n) is 6.21. The summed E-state index contributed by atoms with van der Waals surface area (Å²) in [7, 11) is -3.84. The van der Waals surface area contributed by atoms with Crippen molar-refractivity contribution in [2.45, 2.75) is 18.7 Å². The number of anilines is 2. The fourth-order valence-electron chi connectivity index (χ4n) is 2.48. The molecule has 0 atom stereocenters. The maximum absolute atomic E-state index is 12.7. The number of H-pyrrole nitrogens is 1. The number of hydrogen-bond acceptors (Lipinski definition) is 5. The highest BCUT2D eigenvalue weighted by molar-refractivity contribution is 7.92. The van der Waals surface area contributed by atoms with Crippen molar-refractivity contribution in [3.05, 3.63) is 81.8 Å². The third-order valence-corrected chi connectivity index (χ3v) is 5.33. The molecule has 0 radical (unpaired) electrons. The number of amides is 1. The van der Waals surface area contributed by atoms with E-state index in [1.807, 2.05) is 13.0 Å². The summed E-state index contributed by atoms with van der Waals surface area (Å²) in [5, 5.41) is 8.45. The van der Waals surface area contributed by atoms with Gasteiger partial charge in [0, 0.05) is 17.4 Å². The summed E-state index contributed by atoms with van der Waals surface area (Å²) < 4.78 is 27.9. The Morgan fingerprint density at radius 1 is 1.04 bits per heavy atom. The second-order valence-corrected chi connectivity index (χ2v) is 7.89. The van der Waals surface area contributed by atoms with E-state index in [-0.39, 0.29) is 10.6 Å². The van der Waals surface area contributed by atoms with E-state index in [9.17, 15) is 18.0 Å². The molecule has 0 unspecified atom stereocenters. The highest BCUT2D eigenvalue weighted by atomic mass is 32.2. The van der Waals surface area contributed by atoms with Crippen LogP contribution < -0.4 is 15.6 Å². The highest BCUT2D eigenvalue weighted by Gasteiger charge is 2.17. The van der Waals surface area contributed by atoms with Gasteiger partial charge in [0.25, 0.3) is 21.5 Å². The largest absolute Gasteiger partial charge is 0.320 e. The van der Waals surface area contributed by atoms with E-state index in [1.54, 1.807) is 31.2 Å². The summed E-state index contributed by atoms with van der Waals surface area (Å²) in [4.78, 5) is 23.4. The maximum Gasteiger partial charge on any atom is 0.276 e. The number of aryl methyl sites for hydroxylation is 2. The van der Waals surface area contributed by atoms with Crippen LogP contribution in [0.4, 0.5) is 11.4 Å². The van der Waals surface area contributed by atoms with Crippen molar-refractivity contribution in [2.24, 2.45) is 0 Å². The molecule has 0 aliphatic rings. The Bertz CT molecular complexity index is 1180. The summed E-state index contributed by atoms with van der Waals surface area (Å²) in [5.41, 5.74) is 1.94. The number of nitrogens with one attached hydrogen (secondary N) is 3. The normalized spacial score (nSPS) is 11.1. The predicted octanol–water partition coefficient (Wildman–Crippen LogP) is 2.44. The van der Waals surface area contributed by atoms with Gasteiger partial charge in [-0.25, -0.2) is 13.5 Å². The molecule has 2 aromatic carbocycles. The molecule has 3 N–H and O–H groups in total. The van der Waals surface area contributed by atoms with Gasteiger partial charge < -0.3 is 5.32 Å². The van der Waals surface area contributed by atoms with Crippen LogP contribution in [0.1, 0.15) is 21.6 Å². The van der Waals surface area contributed by atoms with Gasteiger partial charge in [-0.3, -0.25) is 14.3 Å². The second kappa shape index (κ2) is 7.65. The summed E-state index contributed by atoms with van der Waals surface area (Å²) in [6.07, 6.45) is 0. The summed E-state index contributed by atoms with van der Waals surface area (Å²) >= 11 is 0. The van der Waals surface area contributed by atoms with E-state index >= 15 is 0 Å². The zero-order valence-electron chi connectivity index (χ0n) is 15.2. The van der Waals surface area contributed by atoms with Gasteiger partial charge in [-0.1, -0.05) is 18.2 Å². The van der Waals surface area contributed by atoms with Crippen molar-refractivity contribution in [3.63, 3.8) is 0 Å². The topological polar surface area (TPSA) is 121 Å². The summed E-state index contributed by atoms with van der Waals surface area (Å²) in [6.45, 7) is 3.60. The number of carbonyl (C=O) groups excluding carboxylic acids is 1. The average Bonchev–Trinajstić information content (AvgIpc) is 2.63. The Kier molecular flexibility index (Phi) is 5.27. The zero-order chi connectivity index (χ0) is 20.3. The molecular formula is C19H18N4O4S. The molecule has 144 valence electrons. The van der Waals surface area contributed by atoms with E-state index in [0.29, 0.717) is 16.9 Å². The minimum absolute atomic E-state index is 0.00401. The Morgan fingerprint density at radius 3 is 2.50 bits per heavy atom. The summed E-state index contributed by atoms with van der Waals surface area (Å²) in [5.74, 6) is -0.569. The first-order valence-corrected chi connectivity index (χ1v) is 9.80. The van der Waals surface area contributed by atoms with Crippen LogP contribution in [0.25, 0.3) is 0 Å². The summed E-state index contributed by atoms with van der Waals surface area (Å²) in [6, 6.07) is 13.9. The molecule has 0 spiro atoms. The van der Waals surface area contributed by atoms with Crippen LogP contribution in [0.15, 0.2) is 64.3 Å². The van der Waals surface area contributed by atoms with E-state index in [0.717, 1.165) is 5.56 Å². The lowest BCUT2D eigenvalue weighted by atomic mass is 10.2. The van der Waals surface area contributed by atoms with Crippen LogP contribution in [0.3, 0.4) is 0 Å². The Balaban J connectivity index is 1.87. The molecule has 0 aliphatic heterocycles. The Labute approximate surface area is 161 Å². The average molecular weight is 398 g/mol. The van der Waals surface area contributed by atoms with E-state index in [4.69, 9.17) is 0 Å². The fraction of sp³-hybridized carbons (Fsp3) is 0.105.